The van der Waals surface area contributed by atoms with Gasteiger partial charge in [-0.05, 0) is 24.8 Å². The van der Waals surface area contributed by atoms with Crippen LogP contribution in [0.4, 0.5) is 0 Å². The molecule has 1 saturated heterocycles. The van der Waals surface area contributed by atoms with Crippen LogP contribution in [0, 0.1) is 0 Å². The van der Waals surface area contributed by atoms with Crippen molar-refractivity contribution < 1.29 is 24.2 Å². The first-order valence-electron chi connectivity index (χ1n) is 8.79. The SMILES string of the molecule is COC(=O)[C@H](CCCc1ccccc1)NC(=O)[C@@H]1C[C@@H](O)CN1C(C)=O. The highest BCUT2D eigenvalue weighted by atomic mass is 16.5. The van der Waals surface area contributed by atoms with Crippen LogP contribution in [-0.2, 0) is 25.5 Å². The van der Waals surface area contributed by atoms with Crippen LogP contribution >= 0.6 is 0 Å². The molecule has 1 aliphatic rings. The van der Waals surface area contributed by atoms with Crippen molar-refractivity contribution in [1.82, 2.24) is 10.2 Å². The molecule has 142 valence electrons. The van der Waals surface area contributed by atoms with Crippen molar-refractivity contribution >= 4 is 17.8 Å². The van der Waals surface area contributed by atoms with Gasteiger partial charge >= 0.3 is 5.97 Å². The molecule has 0 spiro atoms. The maximum Gasteiger partial charge on any atom is 0.328 e. The molecule has 3 atom stereocenters. The minimum Gasteiger partial charge on any atom is -0.467 e. The van der Waals surface area contributed by atoms with Gasteiger partial charge in [0.15, 0.2) is 0 Å². The van der Waals surface area contributed by atoms with Gasteiger partial charge in [0, 0.05) is 19.9 Å². The summed E-state index contributed by atoms with van der Waals surface area (Å²) in [6.07, 6.45) is 1.36. The Kier molecular flexibility index (Phi) is 7.15. The van der Waals surface area contributed by atoms with Crippen LogP contribution in [0.5, 0.6) is 0 Å². The molecular formula is C19H26N2O5. The standard InChI is InChI=1S/C19H26N2O5/c1-13(22)21-12-15(23)11-17(21)18(24)20-16(19(25)26-2)10-6-9-14-7-4-3-5-8-14/h3-5,7-8,15-17,23H,6,9-12H2,1-2H3,(H,20,24)/t15-,16+,17+/m1/s1. The molecule has 0 aliphatic carbocycles. The smallest absolute Gasteiger partial charge is 0.328 e. The maximum absolute atomic E-state index is 12.5. The van der Waals surface area contributed by atoms with Gasteiger partial charge in [0.25, 0.3) is 0 Å². The lowest BCUT2D eigenvalue weighted by atomic mass is 10.0. The van der Waals surface area contributed by atoms with Crippen molar-refractivity contribution in [2.24, 2.45) is 0 Å². The average molecular weight is 362 g/mol. The van der Waals surface area contributed by atoms with Crippen molar-refractivity contribution in [3.05, 3.63) is 35.9 Å². The summed E-state index contributed by atoms with van der Waals surface area (Å²) in [7, 11) is 1.28. The third-order valence-electron chi connectivity index (χ3n) is 4.59. The van der Waals surface area contributed by atoms with Gasteiger partial charge in [0.1, 0.15) is 12.1 Å². The number of esters is 1. The van der Waals surface area contributed by atoms with E-state index in [0.717, 1.165) is 12.0 Å². The summed E-state index contributed by atoms with van der Waals surface area (Å²) in [4.78, 5) is 37.5. The van der Waals surface area contributed by atoms with Crippen molar-refractivity contribution in [3.8, 4) is 0 Å². The summed E-state index contributed by atoms with van der Waals surface area (Å²) in [5.41, 5.74) is 1.16. The number of rotatable bonds is 7. The number of nitrogens with one attached hydrogen (secondary N) is 1. The van der Waals surface area contributed by atoms with E-state index < -0.39 is 30.1 Å². The number of aryl methyl sites for hydroxylation is 1. The zero-order valence-corrected chi connectivity index (χ0v) is 15.2. The number of nitrogens with zero attached hydrogens (tertiary/aromatic N) is 1. The van der Waals surface area contributed by atoms with Crippen molar-refractivity contribution in [2.75, 3.05) is 13.7 Å². The third kappa shape index (κ3) is 5.29. The number of β-amino-alcohol motifs (C(OH)–C–C–N with tert-alkyl or cyclic N) is 1. The van der Waals surface area contributed by atoms with E-state index in [0.29, 0.717) is 12.8 Å². The number of aliphatic hydroxyl groups is 1. The van der Waals surface area contributed by atoms with Crippen molar-refractivity contribution in [2.45, 2.75) is 50.8 Å². The fraction of sp³-hybridized carbons (Fsp3) is 0.526. The Morgan fingerprint density at radius 1 is 1.31 bits per heavy atom. The largest absolute Gasteiger partial charge is 0.467 e. The number of methoxy groups -OCH3 is 1. The molecular weight excluding hydrogens is 336 g/mol. The molecule has 1 fully saturated rings. The zero-order valence-electron chi connectivity index (χ0n) is 15.2. The molecule has 2 rings (SSSR count). The number of carbonyl (C=O) groups is 3. The van der Waals surface area contributed by atoms with Gasteiger partial charge in [-0.3, -0.25) is 9.59 Å². The second kappa shape index (κ2) is 9.33. The topological polar surface area (TPSA) is 95.9 Å². The number of likely N-dealkylation sites (tertiary alicyclic amines) is 1. The number of benzene rings is 1. The van der Waals surface area contributed by atoms with Gasteiger partial charge in [0.05, 0.1) is 13.2 Å². The summed E-state index contributed by atoms with van der Waals surface area (Å²) >= 11 is 0. The van der Waals surface area contributed by atoms with Crippen molar-refractivity contribution in [1.29, 1.82) is 0 Å². The monoisotopic (exact) mass is 362 g/mol. The van der Waals surface area contributed by atoms with Gasteiger partial charge in [-0.1, -0.05) is 30.3 Å². The second-order valence-electron chi connectivity index (χ2n) is 6.54. The molecule has 1 aliphatic heterocycles. The molecule has 1 heterocycles. The molecule has 2 N–H and O–H groups in total. The highest BCUT2D eigenvalue weighted by molar-refractivity contribution is 5.90. The van der Waals surface area contributed by atoms with E-state index in [9.17, 15) is 19.5 Å². The predicted octanol–water partition coefficient (Wildman–Crippen LogP) is 0.649. The summed E-state index contributed by atoms with van der Waals surface area (Å²) in [5, 5.41) is 12.4. The first-order chi connectivity index (χ1) is 12.4. The van der Waals surface area contributed by atoms with Gasteiger partial charge in [-0.25, -0.2) is 4.79 Å². The molecule has 26 heavy (non-hydrogen) atoms. The summed E-state index contributed by atoms with van der Waals surface area (Å²) in [5.74, 6) is -1.23. The Balaban J connectivity index is 1.95. The third-order valence-corrected chi connectivity index (χ3v) is 4.59. The minimum atomic E-state index is -0.775. The molecule has 0 aromatic heterocycles. The first-order valence-corrected chi connectivity index (χ1v) is 8.79. The van der Waals surface area contributed by atoms with Crippen LogP contribution in [0.2, 0.25) is 0 Å². The highest BCUT2D eigenvalue weighted by Gasteiger charge is 2.38. The lowest BCUT2D eigenvalue weighted by Crippen LogP contribution is -2.50. The number of hydrogen-bond donors (Lipinski definition) is 2. The number of ether oxygens (including phenoxy) is 1. The Morgan fingerprint density at radius 2 is 2.00 bits per heavy atom. The van der Waals surface area contributed by atoms with Crippen LogP contribution in [-0.4, -0.2) is 59.6 Å². The Hall–Kier alpha value is -2.41. The van der Waals surface area contributed by atoms with Crippen LogP contribution in [0.3, 0.4) is 0 Å². The zero-order chi connectivity index (χ0) is 19.1. The van der Waals surface area contributed by atoms with Gasteiger partial charge in [-0.15, -0.1) is 0 Å². The Morgan fingerprint density at radius 3 is 2.62 bits per heavy atom. The van der Waals surface area contributed by atoms with Crippen LogP contribution < -0.4 is 5.32 Å². The summed E-state index contributed by atoms with van der Waals surface area (Å²) < 4.78 is 4.79. The minimum absolute atomic E-state index is 0.129. The fourth-order valence-corrected chi connectivity index (χ4v) is 3.22. The van der Waals surface area contributed by atoms with Gasteiger partial charge in [-0.2, -0.15) is 0 Å². The van der Waals surface area contributed by atoms with E-state index in [1.807, 2.05) is 30.3 Å². The molecule has 0 saturated carbocycles. The van der Waals surface area contributed by atoms with E-state index in [4.69, 9.17) is 4.74 Å². The second-order valence-corrected chi connectivity index (χ2v) is 6.54. The van der Waals surface area contributed by atoms with Gasteiger partial charge in [0.2, 0.25) is 11.8 Å². The van der Waals surface area contributed by atoms with Crippen LogP contribution in [0.15, 0.2) is 30.3 Å². The van der Waals surface area contributed by atoms with Crippen LogP contribution in [0.25, 0.3) is 0 Å². The quantitative estimate of drug-likeness (QED) is 0.695. The Bertz CT molecular complexity index is 634. The lowest BCUT2D eigenvalue weighted by Gasteiger charge is -2.24. The normalized spacial score (nSPS) is 20.5. The lowest BCUT2D eigenvalue weighted by molar-refractivity contribution is -0.146. The molecule has 1 aromatic carbocycles. The van der Waals surface area contributed by atoms with Gasteiger partial charge < -0.3 is 20.1 Å². The summed E-state index contributed by atoms with van der Waals surface area (Å²) in [6, 6.07) is 8.34. The first kappa shape index (κ1) is 19.9. The fourth-order valence-electron chi connectivity index (χ4n) is 3.22. The molecule has 2 amide bonds. The van der Waals surface area contributed by atoms with E-state index in [-0.39, 0.29) is 18.9 Å². The maximum atomic E-state index is 12.5. The average Bonchev–Trinajstić information content (AvgIpc) is 3.03. The predicted molar refractivity (Wildman–Crippen MR) is 95.1 cm³/mol. The van der Waals surface area contributed by atoms with E-state index >= 15 is 0 Å². The molecule has 7 nitrogen and oxygen atoms in total. The van der Waals surface area contributed by atoms with Crippen molar-refractivity contribution in [3.63, 3.8) is 0 Å². The molecule has 0 radical (unpaired) electrons. The summed E-state index contributed by atoms with van der Waals surface area (Å²) in [6.45, 7) is 1.49. The van der Waals surface area contributed by atoms with E-state index in [2.05, 4.69) is 5.32 Å². The number of amides is 2. The van der Waals surface area contributed by atoms with Crippen LogP contribution in [0.1, 0.15) is 31.7 Å². The number of hydrogen-bond acceptors (Lipinski definition) is 5. The molecule has 7 heteroatoms. The molecule has 0 bridgehead atoms. The number of carbonyl (C=O) groups excluding carboxylic acids is 3. The Labute approximate surface area is 153 Å². The molecule has 1 aromatic rings. The number of aliphatic hydroxyl groups excluding tert-OH is 1. The molecule has 0 unspecified atom stereocenters. The highest BCUT2D eigenvalue weighted by Crippen LogP contribution is 2.19. The van der Waals surface area contributed by atoms with E-state index in [1.165, 1.54) is 18.9 Å². The van der Waals surface area contributed by atoms with E-state index in [1.54, 1.807) is 0 Å².